The molecule has 0 bridgehead atoms. The first-order valence-corrected chi connectivity index (χ1v) is 9.88. The summed E-state index contributed by atoms with van der Waals surface area (Å²) in [5.41, 5.74) is 2.18. The van der Waals surface area contributed by atoms with E-state index in [1.54, 1.807) is 18.3 Å². The molecule has 3 rings (SSSR count). The lowest BCUT2D eigenvalue weighted by molar-refractivity contribution is 0.111. The van der Waals surface area contributed by atoms with Crippen LogP contribution < -0.4 is 9.47 Å². The fraction of sp³-hybridized carbons (Fsp3) is 0.0952. The molecule has 0 aliphatic rings. The number of hydrogen-bond acceptors (Lipinski definition) is 5. The van der Waals surface area contributed by atoms with E-state index in [1.807, 2.05) is 24.3 Å². The first-order valence-electron chi connectivity index (χ1n) is 8.33. The van der Waals surface area contributed by atoms with Crippen LogP contribution in [0.15, 0.2) is 53.3 Å². The molecule has 29 heavy (non-hydrogen) atoms. The van der Waals surface area contributed by atoms with Crippen molar-refractivity contribution in [1.29, 1.82) is 5.26 Å². The highest BCUT2D eigenvalue weighted by Gasteiger charge is 2.13. The smallest absolute Gasteiger partial charge is 0.153 e. The Morgan fingerprint density at radius 3 is 2.66 bits per heavy atom. The SMILES string of the molecule is N#Cc1cncc(COc2cc(OCc3cccc(Br)c3Cl)c(Cl)cc2C=O)c1. The van der Waals surface area contributed by atoms with Crippen LogP contribution in [-0.2, 0) is 13.2 Å². The van der Waals surface area contributed by atoms with Crippen LogP contribution in [0.4, 0.5) is 0 Å². The number of carbonyl (C=O) groups is 1. The van der Waals surface area contributed by atoms with Crippen LogP contribution in [0.2, 0.25) is 10.0 Å². The lowest BCUT2D eigenvalue weighted by atomic mass is 10.2. The Morgan fingerprint density at radius 1 is 1.10 bits per heavy atom. The van der Waals surface area contributed by atoms with E-state index in [-0.39, 0.29) is 23.8 Å². The molecule has 0 atom stereocenters. The molecule has 3 aromatic rings. The Kier molecular flexibility index (Phi) is 7.10. The van der Waals surface area contributed by atoms with Crippen molar-refractivity contribution in [3.05, 3.63) is 85.6 Å². The second-order valence-corrected chi connectivity index (χ2v) is 7.56. The summed E-state index contributed by atoms with van der Waals surface area (Å²) in [6.07, 6.45) is 3.70. The average Bonchev–Trinajstić information content (AvgIpc) is 2.74. The molecule has 0 aliphatic heterocycles. The molecule has 0 unspecified atom stereocenters. The normalized spacial score (nSPS) is 10.3. The second kappa shape index (κ2) is 9.75. The minimum Gasteiger partial charge on any atom is -0.488 e. The third kappa shape index (κ3) is 5.27. The number of aromatic nitrogens is 1. The van der Waals surface area contributed by atoms with E-state index < -0.39 is 0 Å². The van der Waals surface area contributed by atoms with Crippen LogP contribution >= 0.6 is 39.1 Å². The number of halogens is 3. The first-order chi connectivity index (χ1) is 14.0. The van der Waals surface area contributed by atoms with E-state index in [4.69, 9.17) is 37.9 Å². The van der Waals surface area contributed by atoms with Crippen molar-refractivity contribution in [1.82, 2.24) is 4.98 Å². The number of rotatable bonds is 7. The highest BCUT2D eigenvalue weighted by Crippen LogP contribution is 2.34. The zero-order valence-corrected chi connectivity index (χ0v) is 18.0. The van der Waals surface area contributed by atoms with Gasteiger partial charge in [-0.05, 0) is 34.1 Å². The number of hydrogen-bond donors (Lipinski definition) is 0. The Hall–Kier alpha value is -2.59. The minimum absolute atomic E-state index is 0.127. The molecule has 1 aromatic heterocycles. The third-order valence-electron chi connectivity index (χ3n) is 3.92. The van der Waals surface area contributed by atoms with Gasteiger partial charge in [-0.2, -0.15) is 5.26 Å². The number of benzene rings is 2. The highest BCUT2D eigenvalue weighted by molar-refractivity contribution is 9.10. The summed E-state index contributed by atoms with van der Waals surface area (Å²) in [6.45, 7) is 0.313. The summed E-state index contributed by atoms with van der Waals surface area (Å²) in [5, 5.41) is 9.79. The topological polar surface area (TPSA) is 72.2 Å². The molecule has 0 saturated carbocycles. The lowest BCUT2D eigenvalue weighted by Gasteiger charge is -2.14. The fourth-order valence-corrected chi connectivity index (χ4v) is 3.30. The number of nitrogens with zero attached hydrogens (tertiary/aromatic N) is 2. The van der Waals surface area contributed by atoms with Crippen molar-refractivity contribution in [2.75, 3.05) is 0 Å². The standard InChI is InChI=1S/C21H13BrCl2N2O3/c22-17-3-1-2-15(21(17)24)12-29-20-6-19(16(10-27)5-18(20)23)28-11-14-4-13(7-25)8-26-9-14/h1-6,8-10H,11-12H2. The van der Waals surface area contributed by atoms with Crippen molar-refractivity contribution in [2.45, 2.75) is 13.2 Å². The Labute approximate surface area is 185 Å². The Balaban J connectivity index is 1.79. The maximum atomic E-state index is 11.4. The maximum absolute atomic E-state index is 11.4. The maximum Gasteiger partial charge on any atom is 0.153 e. The van der Waals surface area contributed by atoms with E-state index in [0.717, 1.165) is 10.0 Å². The van der Waals surface area contributed by atoms with E-state index in [1.165, 1.54) is 12.3 Å². The molecule has 0 N–H and O–H groups in total. The predicted octanol–water partition coefficient (Wildman–Crippen LogP) is 5.99. The summed E-state index contributed by atoms with van der Waals surface area (Å²) in [5.74, 6) is 0.661. The van der Waals surface area contributed by atoms with Crippen LogP contribution in [0.3, 0.4) is 0 Å². The molecule has 5 nitrogen and oxygen atoms in total. The number of carbonyl (C=O) groups excluding carboxylic acids is 1. The second-order valence-electron chi connectivity index (χ2n) is 5.92. The lowest BCUT2D eigenvalue weighted by Crippen LogP contribution is -2.02. The van der Waals surface area contributed by atoms with Crippen molar-refractivity contribution in [2.24, 2.45) is 0 Å². The molecule has 0 aliphatic carbocycles. The highest BCUT2D eigenvalue weighted by atomic mass is 79.9. The molecule has 1 heterocycles. The van der Waals surface area contributed by atoms with Crippen LogP contribution in [-0.4, -0.2) is 11.3 Å². The number of aldehydes is 1. The van der Waals surface area contributed by atoms with Gasteiger partial charge in [0.2, 0.25) is 0 Å². The summed E-state index contributed by atoms with van der Waals surface area (Å²) < 4.78 is 12.3. The number of pyridine rings is 1. The average molecular weight is 492 g/mol. The molecule has 0 radical (unpaired) electrons. The van der Waals surface area contributed by atoms with E-state index in [0.29, 0.717) is 33.9 Å². The molecular weight excluding hydrogens is 479 g/mol. The quantitative estimate of drug-likeness (QED) is 0.379. The number of nitriles is 1. The van der Waals surface area contributed by atoms with Gasteiger partial charge in [0.15, 0.2) is 6.29 Å². The number of ether oxygens (including phenoxy) is 2. The molecule has 0 amide bonds. The first kappa shape index (κ1) is 21.1. The predicted molar refractivity (Wildman–Crippen MR) is 114 cm³/mol. The van der Waals surface area contributed by atoms with Gasteiger partial charge in [-0.3, -0.25) is 9.78 Å². The van der Waals surface area contributed by atoms with Crippen molar-refractivity contribution < 1.29 is 14.3 Å². The van der Waals surface area contributed by atoms with Gasteiger partial charge in [0.25, 0.3) is 0 Å². The van der Waals surface area contributed by atoms with Crippen LogP contribution in [0.25, 0.3) is 0 Å². The third-order valence-corrected chi connectivity index (χ3v) is 5.56. The Morgan fingerprint density at radius 2 is 1.90 bits per heavy atom. The summed E-state index contributed by atoms with van der Waals surface area (Å²) >= 11 is 15.9. The van der Waals surface area contributed by atoms with Crippen molar-refractivity contribution in [3.8, 4) is 17.6 Å². The van der Waals surface area contributed by atoms with Gasteiger partial charge in [0.1, 0.15) is 30.8 Å². The van der Waals surface area contributed by atoms with Crippen molar-refractivity contribution >= 4 is 45.4 Å². The van der Waals surface area contributed by atoms with Crippen LogP contribution in [0.5, 0.6) is 11.5 Å². The zero-order valence-electron chi connectivity index (χ0n) is 14.9. The molecule has 0 spiro atoms. The zero-order chi connectivity index (χ0) is 20.8. The van der Waals surface area contributed by atoms with E-state index in [2.05, 4.69) is 20.9 Å². The van der Waals surface area contributed by atoms with Gasteiger partial charge >= 0.3 is 0 Å². The van der Waals surface area contributed by atoms with Crippen LogP contribution in [0, 0.1) is 11.3 Å². The fourth-order valence-electron chi connectivity index (χ4n) is 2.48. The van der Waals surface area contributed by atoms with Gasteiger partial charge in [0, 0.05) is 34.1 Å². The van der Waals surface area contributed by atoms with Gasteiger partial charge in [-0.15, -0.1) is 0 Å². The van der Waals surface area contributed by atoms with Gasteiger partial charge in [-0.1, -0.05) is 35.3 Å². The van der Waals surface area contributed by atoms with Gasteiger partial charge in [0.05, 0.1) is 21.2 Å². The van der Waals surface area contributed by atoms with Gasteiger partial charge in [-0.25, -0.2) is 0 Å². The Bertz CT molecular complexity index is 1100. The largest absolute Gasteiger partial charge is 0.488 e. The van der Waals surface area contributed by atoms with E-state index in [9.17, 15) is 4.79 Å². The molecular formula is C21H13BrCl2N2O3. The monoisotopic (exact) mass is 490 g/mol. The van der Waals surface area contributed by atoms with E-state index >= 15 is 0 Å². The summed E-state index contributed by atoms with van der Waals surface area (Å²) in [4.78, 5) is 15.4. The van der Waals surface area contributed by atoms with Crippen molar-refractivity contribution in [3.63, 3.8) is 0 Å². The molecule has 0 saturated heterocycles. The molecule has 0 fully saturated rings. The van der Waals surface area contributed by atoms with Gasteiger partial charge < -0.3 is 9.47 Å². The summed E-state index contributed by atoms with van der Waals surface area (Å²) in [7, 11) is 0. The van der Waals surface area contributed by atoms with Crippen LogP contribution in [0.1, 0.15) is 27.0 Å². The molecule has 146 valence electrons. The molecule has 2 aromatic carbocycles. The molecule has 8 heteroatoms. The minimum atomic E-state index is 0.127. The summed E-state index contributed by atoms with van der Waals surface area (Å²) in [6, 6.07) is 12.2.